The van der Waals surface area contributed by atoms with E-state index in [0.717, 1.165) is 6.54 Å². The first kappa shape index (κ1) is 6.85. The average Bonchev–Trinajstić information content (AvgIpc) is 2.55. The third-order valence-corrected chi connectivity index (χ3v) is 2.27. The molecule has 0 radical (unpaired) electrons. The summed E-state index contributed by atoms with van der Waals surface area (Å²) in [5.74, 6) is 0. The predicted molar refractivity (Wildman–Crippen MR) is 43.4 cm³/mol. The van der Waals surface area contributed by atoms with Crippen molar-refractivity contribution < 1.29 is 0 Å². The van der Waals surface area contributed by atoms with E-state index >= 15 is 0 Å². The fourth-order valence-electron chi connectivity index (χ4n) is 1.62. The molecule has 1 aromatic heterocycles. The van der Waals surface area contributed by atoms with Crippen LogP contribution in [0.25, 0.3) is 0 Å². The van der Waals surface area contributed by atoms with E-state index in [1.165, 1.54) is 13.0 Å². The zero-order valence-electron chi connectivity index (χ0n) is 6.77. The summed E-state index contributed by atoms with van der Waals surface area (Å²) in [6.45, 7) is 2.34. The molecule has 1 atom stereocenters. The Hall–Kier alpha value is -0.830. The summed E-state index contributed by atoms with van der Waals surface area (Å²) in [4.78, 5) is 2.34. The van der Waals surface area contributed by atoms with Crippen molar-refractivity contribution in [3.63, 3.8) is 0 Å². The van der Waals surface area contributed by atoms with Crippen molar-refractivity contribution >= 4 is 0 Å². The first-order valence-corrected chi connectivity index (χ1v) is 4.04. The molecule has 1 aromatic rings. The molecular formula is C8H13N3. The van der Waals surface area contributed by atoms with Gasteiger partial charge in [0.25, 0.3) is 0 Å². The van der Waals surface area contributed by atoms with Gasteiger partial charge in [-0.1, -0.05) is 0 Å². The summed E-state index contributed by atoms with van der Waals surface area (Å²) in [5, 5.41) is 4.22. The maximum Gasteiger partial charge on any atom is 0.0658 e. The molecule has 1 unspecified atom stereocenters. The summed E-state index contributed by atoms with van der Waals surface area (Å²) >= 11 is 0. The Balaban J connectivity index is 2.08. The van der Waals surface area contributed by atoms with Gasteiger partial charge in [-0.25, -0.2) is 0 Å². The summed E-state index contributed by atoms with van der Waals surface area (Å²) < 4.78 is 2.06. The van der Waals surface area contributed by atoms with Crippen molar-refractivity contribution in [1.82, 2.24) is 14.7 Å². The maximum absolute atomic E-state index is 4.22. The van der Waals surface area contributed by atoms with Crippen LogP contribution < -0.4 is 0 Å². The van der Waals surface area contributed by atoms with Gasteiger partial charge in [-0.2, -0.15) is 5.10 Å². The van der Waals surface area contributed by atoms with Crippen LogP contribution in [0.15, 0.2) is 18.5 Å². The number of likely N-dealkylation sites (tertiary alicyclic amines) is 1. The van der Waals surface area contributed by atoms with Crippen LogP contribution in [-0.2, 0) is 0 Å². The third kappa shape index (κ3) is 1.28. The fourth-order valence-corrected chi connectivity index (χ4v) is 1.62. The number of hydrogen-bond acceptors (Lipinski definition) is 2. The van der Waals surface area contributed by atoms with E-state index in [1.807, 2.05) is 18.5 Å². The Bertz CT molecular complexity index is 217. The van der Waals surface area contributed by atoms with E-state index in [1.54, 1.807) is 0 Å². The number of likely N-dealkylation sites (N-methyl/N-ethyl adjacent to an activating group) is 1. The summed E-state index contributed by atoms with van der Waals surface area (Å²) in [5.41, 5.74) is 0. The summed E-state index contributed by atoms with van der Waals surface area (Å²) in [6.07, 6.45) is 5.13. The smallest absolute Gasteiger partial charge is 0.0658 e. The molecule has 3 heteroatoms. The molecule has 11 heavy (non-hydrogen) atoms. The van der Waals surface area contributed by atoms with Crippen molar-refractivity contribution in [3.8, 4) is 0 Å². The zero-order valence-corrected chi connectivity index (χ0v) is 6.77. The van der Waals surface area contributed by atoms with Gasteiger partial charge in [-0.3, -0.25) is 4.68 Å². The second kappa shape index (κ2) is 2.66. The van der Waals surface area contributed by atoms with Crippen LogP contribution in [-0.4, -0.2) is 34.8 Å². The van der Waals surface area contributed by atoms with Crippen LogP contribution in [0.2, 0.25) is 0 Å². The highest BCUT2D eigenvalue weighted by Gasteiger charge is 2.20. The van der Waals surface area contributed by atoms with Crippen molar-refractivity contribution in [1.29, 1.82) is 0 Å². The number of rotatable bonds is 1. The average molecular weight is 151 g/mol. The van der Waals surface area contributed by atoms with Gasteiger partial charge < -0.3 is 4.90 Å². The molecule has 1 aliphatic heterocycles. The van der Waals surface area contributed by atoms with Crippen LogP contribution in [0.3, 0.4) is 0 Å². The van der Waals surface area contributed by atoms with Crippen molar-refractivity contribution in [2.75, 3.05) is 20.1 Å². The van der Waals surface area contributed by atoms with Crippen LogP contribution in [0.4, 0.5) is 0 Å². The second-order valence-electron chi connectivity index (χ2n) is 3.19. The molecule has 0 bridgehead atoms. The Morgan fingerprint density at radius 1 is 1.55 bits per heavy atom. The lowest BCUT2D eigenvalue weighted by Gasteiger charge is -2.09. The molecule has 3 nitrogen and oxygen atoms in total. The quantitative estimate of drug-likeness (QED) is 0.591. The fraction of sp³-hybridized carbons (Fsp3) is 0.625. The van der Waals surface area contributed by atoms with Gasteiger partial charge in [0.05, 0.1) is 6.04 Å². The third-order valence-electron chi connectivity index (χ3n) is 2.27. The van der Waals surface area contributed by atoms with Crippen molar-refractivity contribution in [2.24, 2.45) is 0 Å². The Morgan fingerprint density at radius 3 is 3.00 bits per heavy atom. The molecule has 1 saturated heterocycles. The molecule has 0 aromatic carbocycles. The maximum atomic E-state index is 4.22. The van der Waals surface area contributed by atoms with Gasteiger partial charge in [0, 0.05) is 18.9 Å². The first-order chi connectivity index (χ1) is 5.36. The first-order valence-electron chi connectivity index (χ1n) is 4.04. The SMILES string of the molecule is CN1CCC(n2cccn2)C1. The topological polar surface area (TPSA) is 21.1 Å². The Labute approximate surface area is 66.6 Å². The molecule has 60 valence electrons. The van der Waals surface area contributed by atoms with Crippen molar-refractivity contribution in [3.05, 3.63) is 18.5 Å². The van der Waals surface area contributed by atoms with E-state index in [0.29, 0.717) is 6.04 Å². The van der Waals surface area contributed by atoms with Gasteiger partial charge >= 0.3 is 0 Å². The minimum absolute atomic E-state index is 0.606. The Morgan fingerprint density at radius 2 is 2.45 bits per heavy atom. The van der Waals surface area contributed by atoms with Gasteiger partial charge in [-0.15, -0.1) is 0 Å². The minimum atomic E-state index is 0.606. The lowest BCUT2D eigenvalue weighted by molar-refractivity contribution is 0.382. The number of aromatic nitrogens is 2. The van der Waals surface area contributed by atoms with Gasteiger partial charge in [0.15, 0.2) is 0 Å². The summed E-state index contributed by atoms with van der Waals surface area (Å²) in [7, 11) is 2.16. The molecule has 0 spiro atoms. The lowest BCUT2D eigenvalue weighted by atomic mass is 10.3. The molecule has 0 amide bonds. The number of hydrogen-bond donors (Lipinski definition) is 0. The predicted octanol–water partition coefficient (Wildman–Crippen LogP) is 0.760. The largest absolute Gasteiger partial charge is 0.304 e. The van der Waals surface area contributed by atoms with Crippen LogP contribution in [0.5, 0.6) is 0 Å². The van der Waals surface area contributed by atoms with E-state index in [2.05, 4.69) is 21.7 Å². The Kier molecular flexibility index (Phi) is 1.66. The monoisotopic (exact) mass is 151 g/mol. The van der Waals surface area contributed by atoms with Gasteiger partial charge in [0.1, 0.15) is 0 Å². The molecule has 0 saturated carbocycles. The van der Waals surface area contributed by atoms with Crippen LogP contribution >= 0.6 is 0 Å². The van der Waals surface area contributed by atoms with E-state index in [9.17, 15) is 0 Å². The standard InChI is InChI=1S/C8H13N3/c1-10-6-3-8(7-10)11-5-2-4-9-11/h2,4-5,8H,3,6-7H2,1H3. The minimum Gasteiger partial charge on any atom is -0.304 e. The lowest BCUT2D eigenvalue weighted by Crippen LogP contribution is -2.16. The molecule has 0 aliphatic carbocycles. The molecule has 2 rings (SSSR count). The highest BCUT2D eigenvalue weighted by atomic mass is 15.3. The number of nitrogens with zero attached hydrogens (tertiary/aromatic N) is 3. The van der Waals surface area contributed by atoms with Gasteiger partial charge in [-0.05, 0) is 26.1 Å². The molecule has 1 fully saturated rings. The van der Waals surface area contributed by atoms with Gasteiger partial charge in [0.2, 0.25) is 0 Å². The zero-order chi connectivity index (χ0) is 7.68. The molecule has 1 aliphatic rings. The summed E-state index contributed by atoms with van der Waals surface area (Å²) in [6, 6.07) is 2.59. The normalized spacial score (nSPS) is 26.1. The molecular weight excluding hydrogens is 138 g/mol. The van der Waals surface area contributed by atoms with Crippen LogP contribution in [0, 0.1) is 0 Å². The van der Waals surface area contributed by atoms with E-state index in [-0.39, 0.29) is 0 Å². The van der Waals surface area contributed by atoms with E-state index < -0.39 is 0 Å². The van der Waals surface area contributed by atoms with Crippen molar-refractivity contribution in [2.45, 2.75) is 12.5 Å². The van der Waals surface area contributed by atoms with Crippen LogP contribution in [0.1, 0.15) is 12.5 Å². The highest BCUT2D eigenvalue weighted by molar-refractivity contribution is 4.85. The molecule has 2 heterocycles. The molecule has 0 N–H and O–H groups in total. The van der Waals surface area contributed by atoms with E-state index in [4.69, 9.17) is 0 Å². The second-order valence-corrected chi connectivity index (χ2v) is 3.19. The highest BCUT2D eigenvalue weighted by Crippen LogP contribution is 2.18.